The van der Waals surface area contributed by atoms with E-state index in [9.17, 15) is 14.7 Å². The molecule has 6 heteroatoms. The number of carbonyl (C=O) groups is 2. The minimum atomic E-state index is -1.05. The first kappa shape index (κ1) is 17.2. The van der Waals surface area contributed by atoms with E-state index in [0.29, 0.717) is 19.0 Å². The van der Waals surface area contributed by atoms with Crippen LogP contribution in [0.4, 0.5) is 0 Å². The highest BCUT2D eigenvalue weighted by Gasteiger charge is 2.31. The fourth-order valence-electron chi connectivity index (χ4n) is 3.03. The number of rotatable bonds is 6. The first-order chi connectivity index (χ1) is 12.1. The quantitative estimate of drug-likeness (QED) is 0.840. The lowest BCUT2D eigenvalue weighted by Gasteiger charge is -2.28. The van der Waals surface area contributed by atoms with Crippen LogP contribution in [0.2, 0.25) is 0 Å². The number of aliphatic carboxylic acids is 1. The molecule has 1 aliphatic heterocycles. The summed E-state index contributed by atoms with van der Waals surface area (Å²) in [6, 6.07) is 12.5. The van der Waals surface area contributed by atoms with Gasteiger partial charge in [-0.1, -0.05) is 30.3 Å². The number of hydrogen-bond donors (Lipinski definition) is 2. The topological polar surface area (TPSA) is 84.9 Å². The van der Waals surface area contributed by atoms with Crippen LogP contribution in [0, 0.1) is 5.92 Å². The van der Waals surface area contributed by atoms with Gasteiger partial charge in [0.25, 0.3) is 5.91 Å². The fraction of sp³-hybridized carbons (Fsp3) is 0.368. The van der Waals surface area contributed by atoms with E-state index in [-0.39, 0.29) is 12.5 Å². The van der Waals surface area contributed by atoms with Crippen molar-refractivity contribution in [3.05, 3.63) is 42.5 Å². The Bertz CT molecular complexity index is 754. The maximum atomic E-state index is 12.1. The standard InChI is InChI=1S/C19H21NO5/c21-17(20-18(19(22)23)15-6-3-9-24-11-15)12-25-16-8-7-13-4-1-2-5-14(13)10-16/h1-2,4-5,7-8,10,15,18H,3,6,9,11-12H2,(H,20,21)(H,22,23). The van der Waals surface area contributed by atoms with Gasteiger partial charge in [-0.05, 0) is 35.7 Å². The molecule has 3 rings (SSSR count). The molecule has 2 aromatic carbocycles. The number of carboxylic acids is 1. The summed E-state index contributed by atoms with van der Waals surface area (Å²) in [5, 5.41) is 14.0. The average molecular weight is 343 g/mol. The summed E-state index contributed by atoms with van der Waals surface area (Å²) in [6.45, 7) is 0.764. The maximum Gasteiger partial charge on any atom is 0.326 e. The smallest absolute Gasteiger partial charge is 0.326 e. The van der Waals surface area contributed by atoms with Crippen molar-refractivity contribution in [2.75, 3.05) is 19.8 Å². The number of amides is 1. The first-order valence-electron chi connectivity index (χ1n) is 8.35. The van der Waals surface area contributed by atoms with Crippen molar-refractivity contribution in [2.24, 2.45) is 5.92 Å². The highest BCUT2D eigenvalue weighted by molar-refractivity contribution is 5.85. The summed E-state index contributed by atoms with van der Waals surface area (Å²) in [5.74, 6) is -1.14. The summed E-state index contributed by atoms with van der Waals surface area (Å²) in [5.41, 5.74) is 0. The zero-order valence-electron chi connectivity index (χ0n) is 13.8. The molecule has 2 N–H and O–H groups in total. The summed E-state index contributed by atoms with van der Waals surface area (Å²) in [4.78, 5) is 23.5. The largest absolute Gasteiger partial charge is 0.484 e. The molecule has 1 aliphatic rings. The number of carboxylic acid groups (broad SMARTS) is 1. The molecule has 2 unspecified atom stereocenters. The van der Waals surface area contributed by atoms with Crippen LogP contribution in [0.15, 0.2) is 42.5 Å². The van der Waals surface area contributed by atoms with Gasteiger partial charge in [-0.15, -0.1) is 0 Å². The Kier molecular flexibility index (Phi) is 5.50. The van der Waals surface area contributed by atoms with Gasteiger partial charge in [0.05, 0.1) is 6.61 Å². The van der Waals surface area contributed by atoms with Gasteiger partial charge >= 0.3 is 5.97 Å². The highest BCUT2D eigenvalue weighted by Crippen LogP contribution is 2.21. The second-order valence-electron chi connectivity index (χ2n) is 6.16. The van der Waals surface area contributed by atoms with Crippen LogP contribution in [-0.2, 0) is 14.3 Å². The third-order valence-electron chi connectivity index (χ3n) is 4.34. The number of nitrogens with one attached hydrogen (secondary N) is 1. The van der Waals surface area contributed by atoms with Crippen LogP contribution in [-0.4, -0.2) is 42.8 Å². The average Bonchev–Trinajstić information content (AvgIpc) is 2.64. The van der Waals surface area contributed by atoms with Crippen molar-refractivity contribution in [2.45, 2.75) is 18.9 Å². The minimum Gasteiger partial charge on any atom is -0.484 e. The van der Waals surface area contributed by atoms with Gasteiger partial charge in [-0.2, -0.15) is 0 Å². The van der Waals surface area contributed by atoms with Crippen LogP contribution in [0.3, 0.4) is 0 Å². The molecule has 25 heavy (non-hydrogen) atoms. The van der Waals surface area contributed by atoms with Crippen molar-refractivity contribution in [3.8, 4) is 5.75 Å². The molecule has 1 heterocycles. The Hall–Kier alpha value is -2.60. The molecule has 0 bridgehead atoms. The number of ether oxygens (including phenoxy) is 2. The van der Waals surface area contributed by atoms with E-state index < -0.39 is 17.9 Å². The first-order valence-corrected chi connectivity index (χ1v) is 8.35. The van der Waals surface area contributed by atoms with E-state index in [0.717, 1.165) is 23.6 Å². The fourth-order valence-corrected chi connectivity index (χ4v) is 3.03. The second-order valence-corrected chi connectivity index (χ2v) is 6.16. The molecule has 2 aromatic rings. The zero-order chi connectivity index (χ0) is 17.6. The van der Waals surface area contributed by atoms with Gasteiger partial charge in [0.1, 0.15) is 11.8 Å². The summed E-state index contributed by atoms with van der Waals surface area (Å²) in [7, 11) is 0. The molecule has 0 aliphatic carbocycles. The lowest BCUT2D eigenvalue weighted by molar-refractivity contribution is -0.145. The molecule has 2 atom stereocenters. The van der Waals surface area contributed by atoms with Gasteiger partial charge < -0.3 is 19.9 Å². The van der Waals surface area contributed by atoms with Crippen molar-refractivity contribution >= 4 is 22.6 Å². The Morgan fingerprint density at radius 3 is 2.76 bits per heavy atom. The van der Waals surface area contributed by atoms with Crippen molar-refractivity contribution < 1.29 is 24.2 Å². The monoisotopic (exact) mass is 343 g/mol. The Labute approximate surface area is 145 Å². The van der Waals surface area contributed by atoms with E-state index in [1.807, 2.05) is 36.4 Å². The van der Waals surface area contributed by atoms with Gasteiger partial charge in [0.15, 0.2) is 6.61 Å². The number of carbonyl (C=O) groups excluding carboxylic acids is 1. The molecular weight excluding hydrogens is 322 g/mol. The molecule has 0 saturated carbocycles. The molecule has 6 nitrogen and oxygen atoms in total. The van der Waals surface area contributed by atoms with Crippen LogP contribution in [0.25, 0.3) is 10.8 Å². The Balaban J connectivity index is 1.57. The summed E-state index contributed by atoms with van der Waals surface area (Å²) >= 11 is 0. The molecule has 0 spiro atoms. The lowest BCUT2D eigenvalue weighted by Crippen LogP contribution is -2.49. The number of hydrogen-bond acceptors (Lipinski definition) is 4. The van der Waals surface area contributed by atoms with E-state index >= 15 is 0 Å². The predicted octanol–water partition coefficient (Wildman–Crippen LogP) is 2.21. The number of fused-ring (bicyclic) bond motifs is 1. The molecule has 1 saturated heterocycles. The molecule has 0 aromatic heterocycles. The Morgan fingerprint density at radius 1 is 1.24 bits per heavy atom. The molecule has 1 amide bonds. The maximum absolute atomic E-state index is 12.1. The third kappa shape index (κ3) is 4.48. The van der Waals surface area contributed by atoms with Gasteiger partial charge in [0, 0.05) is 12.5 Å². The third-order valence-corrected chi connectivity index (χ3v) is 4.34. The van der Waals surface area contributed by atoms with E-state index in [1.54, 1.807) is 6.07 Å². The van der Waals surface area contributed by atoms with Crippen LogP contribution in [0.1, 0.15) is 12.8 Å². The zero-order valence-corrected chi connectivity index (χ0v) is 13.8. The molecule has 132 valence electrons. The van der Waals surface area contributed by atoms with Crippen LogP contribution >= 0.6 is 0 Å². The van der Waals surface area contributed by atoms with E-state index in [1.165, 1.54) is 0 Å². The van der Waals surface area contributed by atoms with Crippen LogP contribution < -0.4 is 10.1 Å². The predicted molar refractivity (Wildman–Crippen MR) is 92.6 cm³/mol. The summed E-state index contributed by atoms with van der Waals surface area (Å²) in [6.07, 6.45) is 1.53. The van der Waals surface area contributed by atoms with E-state index in [2.05, 4.69) is 5.32 Å². The molecular formula is C19H21NO5. The highest BCUT2D eigenvalue weighted by atomic mass is 16.5. The Morgan fingerprint density at radius 2 is 2.04 bits per heavy atom. The van der Waals surface area contributed by atoms with Gasteiger partial charge in [-0.3, -0.25) is 4.79 Å². The SMILES string of the molecule is O=C(COc1ccc2ccccc2c1)NC(C(=O)O)C1CCCOC1. The molecule has 1 fully saturated rings. The normalized spacial score (nSPS) is 18.5. The molecule has 0 radical (unpaired) electrons. The second kappa shape index (κ2) is 7.98. The van der Waals surface area contributed by atoms with Crippen molar-refractivity contribution in [3.63, 3.8) is 0 Å². The minimum absolute atomic E-state index is 0.212. The lowest BCUT2D eigenvalue weighted by atomic mass is 9.93. The van der Waals surface area contributed by atoms with Crippen molar-refractivity contribution in [1.82, 2.24) is 5.32 Å². The van der Waals surface area contributed by atoms with E-state index in [4.69, 9.17) is 9.47 Å². The van der Waals surface area contributed by atoms with Gasteiger partial charge in [0.2, 0.25) is 0 Å². The van der Waals surface area contributed by atoms with Crippen LogP contribution in [0.5, 0.6) is 5.75 Å². The van der Waals surface area contributed by atoms with Gasteiger partial charge in [-0.25, -0.2) is 4.79 Å². The van der Waals surface area contributed by atoms with Crippen molar-refractivity contribution in [1.29, 1.82) is 0 Å². The number of benzene rings is 2. The summed E-state index contributed by atoms with van der Waals surface area (Å²) < 4.78 is 10.8.